The SMILES string of the molecule is COc1ccc(Cc2nc(-c3ccc(OC)c(OC)c3)cs2)cc1. The van der Waals surface area contributed by atoms with Crippen molar-refractivity contribution in [2.45, 2.75) is 6.42 Å². The molecule has 0 unspecified atom stereocenters. The molecule has 0 spiro atoms. The molecular weight excluding hydrogens is 322 g/mol. The molecule has 0 N–H and O–H groups in total. The minimum absolute atomic E-state index is 0.708. The van der Waals surface area contributed by atoms with E-state index in [-0.39, 0.29) is 0 Å². The van der Waals surface area contributed by atoms with Crippen LogP contribution in [0.25, 0.3) is 11.3 Å². The zero-order valence-corrected chi connectivity index (χ0v) is 14.7. The highest BCUT2D eigenvalue weighted by Gasteiger charge is 2.10. The van der Waals surface area contributed by atoms with Crippen molar-refractivity contribution >= 4 is 11.3 Å². The van der Waals surface area contributed by atoms with Gasteiger partial charge in [-0.2, -0.15) is 0 Å². The van der Waals surface area contributed by atoms with Crippen molar-refractivity contribution in [2.24, 2.45) is 0 Å². The van der Waals surface area contributed by atoms with Crippen molar-refractivity contribution in [3.05, 3.63) is 58.4 Å². The first-order valence-electron chi connectivity index (χ1n) is 7.53. The van der Waals surface area contributed by atoms with Crippen LogP contribution >= 0.6 is 11.3 Å². The molecule has 1 aromatic heterocycles. The lowest BCUT2D eigenvalue weighted by atomic mass is 10.1. The molecule has 0 aliphatic heterocycles. The molecule has 0 atom stereocenters. The molecule has 0 fully saturated rings. The molecule has 3 rings (SSSR count). The van der Waals surface area contributed by atoms with E-state index in [9.17, 15) is 0 Å². The quantitative estimate of drug-likeness (QED) is 0.665. The van der Waals surface area contributed by atoms with Gasteiger partial charge in [-0.3, -0.25) is 0 Å². The average molecular weight is 341 g/mol. The Morgan fingerprint density at radius 3 is 2.29 bits per heavy atom. The highest BCUT2D eigenvalue weighted by molar-refractivity contribution is 7.10. The van der Waals surface area contributed by atoms with Crippen LogP contribution in [0.4, 0.5) is 0 Å². The lowest BCUT2D eigenvalue weighted by Gasteiger charge is -2.08. The predicted octanol–water partition coefficient (Wildman–Crippen LogP) is 4.43. The second-order valence-corrected chi connectivity index (χ2v) is 6.16. The van der Waals surface area contributed by atoms with Gasteiger partial charge in [0.15, 0.2) is 11.5 Å². The van der Waals surface area contributed by atoms with Gasteiger partial charge in [0.05, 0.1) is 32.0 Å². The molecule has 4 nitrogen and oxygen atoms in total. The van der Waals surface area contributed by atoms with E-state index in [4.69, 9.17) is 19.2 Å². The predicted molar refractivity (Wildman–Crippen MR) is 96.5 cm³/mol. The molecule has 5 heteroatoms. The second-order valence-electron chi connectivity index (χ2n) is 5.22. The summed E-state index contributed by atoms with van der Waals surface area (Å²) < 4.78 is 15.8. The van der Waals surface area contributed by atoms with Crippen LogP contribution in [0.15, 0.2) is 47.8 Å². The Kier molecular flexibility index (Phi) is 5.01. The van der Waals surface area contributed by atoms with Crippen LogP contribution in [0.1, 0.15) is 10.6 Å². The van der Waals surface area contributed by atoms with Gasteiger partial charge in [0, 0.05) is 17.4 Å². The molecule has 0 aliphatic carbocycles. The normalized spacial score (nSPS) is 10.5. The fourth-order valence-corrected chi connectivity index (χ4v) is 3.28. The third-order valence-corrected chi connectivity index (χ3v) is 4.59. The van der Waals surface area contributed by atoms with Gasteiger partial charge in [-0.1, -0.05) is 12.1 Å². The Balaban J connectivity index is 1.79. The number of rotatable bonds is 6. The number of hydrogen-bond acceptors (Lipinski definition) is 5. The number of nitrogens with zero attached hydrogens (tertiary/aromatic N) is 1. The van der Waals surface area contributed by atoms with E-state index in [1.54, 1.807) is 32.7 Å². The maximum Gasteiger partial charge on any atom is 0.161 e. The van der Waals surface area contributed by atoms with Gasteiger partial charge < -0.3 is 14.2 Å². The van der Waals surface area contributed by atoms with Crippen LogP contribution in [-0.2, 0) is 6.42 Å². The fourth-order valence-electron chi connectivity index (χ4n) is 2.44. The summed E-state index contributed by atoms with van der Waals surface area (Å²) >= 11 is 1.66. The standard InChI is InChI=1S/C19H19NO3S/c1-21-15-7-4-13(5-8-15)10-19-20-16(12-24-19)14-6-9-17(22-2)18(11-14)23-3/h4-9,11-12H,10H2,1-3H3. The largest absolute Gasteiger partial charge is 0.497 e. The molecule has 2 aromatic carbocycles. The summed E-state index contributed by atoms with van der Waals surface area (Å²) in [4.78, 5) is 4.74. The lowest BCUT2D eigenvalue weighted by Crippen LogP contribution is -1.91. The Bertz CT molecular complexity index is 812. The van der Waals surface area contributed by atoms with Gasteiger partial charge in [0.2, 0.25) is 0 Å². The van der Waals surface area contributed by atoms with Gasteiger partial charge in [-0.25, -0.2) is 4.98 Å². The van der Waals surface area contributed by atoms with Crippen LogP contribution < -0.4 is 14.2 Å². The molecule has 24 heavy (non-hydrogen) atoms. The Morgan fingerprint density at radius 2 is 1.62 bits per heavy atom. The number of thiazole rings is 1. The lowest BCUT2D eigenvalue weighted by molar-refractivity contribution is 0.355. The highest BCUT2D eigenvalue weighted by atomic mass is 32.1. The summed E-state index contributed by atoms with van der Waals surface area (Å²) in [6, 6.07) is 13.9. The van der Waals surface area contributed by atoms with Crippen LogP contribution in [0.2, 0.25) is 0 Å². The zero-order chi connectivity index (χ0) is 16.9. The van der Waals surface area contributed by atoms with Crippen molar-refractivity contribution in [3.8, 4) is 28.5 Å². The molecule has 0 saturated carbocycles. The van der Waals surface area contributed by atoms with Crippen molar-refractivity contribution < 1.29 is 14.2 Å². The highest BCUT2D eigenvalue weighted by Crippen LogP contribution is 2.33. The third-order valence-electron chi connectivity index (χ3n) is 3.75. The summed E-state index contributed by atoms with van der Waals surface area (Å²) in [6.07, 6.45) is 0.807. The molecule has 0 amide bonds. The third kappa shape index (κ3) is 3.51. The van der Waals surface area contributed by atoms with E-state index in [1.165, 1.54) is 5.56 Å². The minimum atomic E-state index is 0.708. The monoisotopic (exact) mass is 341 g/mol. The molecule has 0 bridgehead atoms. The van der Waals surface area contributed by atoms with Crippen molar-refractivity contribution in [1.82, 2.24) is 4.98 Å². The van der Waals surface area contributed by atoms with E-state index >= 15 is 0 Å². The number of aromatic nitrogens is 1. The number of methoxy groups -OCH3 is 3. The van der Waals surface area contributed by atoms with E-state index in [0.717, 1.165) is 34.2 Å². The molecule has 0 saturated heterocycles. The Hall–Kier alpha value is -2.53. The summed E-state index contributed by atoms with van der Waals surface area (Å²) in [6.45, 7) is 0. The molecule has 1 heterocycles. The first-order chi connectivity index (χ1) is 11.7. The summed E-state index contributed by atoms with van der Waals surface area (Å²) in [5, 5.41) is 3.14. The Labute approximate surface area is 145 Å². The smallest absolute Gasteiger partial charge is 0.161 e. The van der Waals surface area contributed by atoms with Gasteiger partial charge in [-0.05, 0) is 35.9 Å². The van der Waals surface area contributed by atoms with Gasteiger partial charge >= 0.3 is 0 Å². The second kappa shape index (κ2) is 7.36. The molecule has 124 valence electrons. The summed E-state index contributed by atoms with van der Waals surface area (Å²) in [5.41, 5.74) is 3.18. The summed E-state index contributed by atoms with van der Waals surface area (Å²) in [7, 11) is 4.94. The molecule has 0 aliphatic rings. The number of hydrogen-bond donors (Lipinski definition) is 0. The topological polar surface area (TPSA) is 40.6 Å². The maximum absolute atomic E-state index is 5.36. The maximum atomic E-state index is 5.36. The molecular formula is C19H19NO3S. The van der Waals surface area contributed by atoms with Gasteiger partial charge in [0.25, 0.3) is 0 Å². The van der Waals surface area contributed by atoms with Crippen LogP contribution in [0.3, 0.4) is 0 Å². The summed E-state index contributed by atoms with van der Waals surface area (Å²) in [5.74, 6) is 2.29. The van der Waals surface area contributed by atoms with Gasteiger partial charge in [-0.15, -0.1) is 11.3 Å². The fraction of sp³-hybridized carbons (Fsp3) is 0.211. The average Bonchev–Trinajstić information content (AvgIpc) is 3.10. The van der Waals surface area contributed by atoms with Crippen LogP contribution in [0, 0.1) is 0 Å². The zero-order valence-electron chi connectivity index (χ0n) is 13.9. The first kappa shape index (κ1) is 16.3. The van der Waals surface area contributed by atoms with Crippen LogP contribution in [0.5, 0.6) is 17.2 Å². The minimum Gasteiger partial charge on any atom is -0.497 e. The van der Waals surface area contributed by atoms with Crippen molar-refractivity contribution in [2.75, 3.05) is 21.3 Å². The van der Waals surface area contributed by atoms with E-state index < -0.39 is 0 Å². The van der Waals surface area contributed by atoms with E-state index in [2.05, 4.69) is 17.5 Å². The first-order valence-corrected chi connectivity index (χ1v) is 8.41. The van der Waals surface area contributed by atoms with Crippen LogP contribution in [-0.4, -0.2) is 26.3 Å². The molecule has 0 radical (unpaired) electrons. The number of ether oxygens (including phenoxy) is 3. The Morgan fingerprint density at radius 1 is 0.875 bits per heavy atom. The van der Waals surface area contributed by atoms with E-state index in [1.807, 2.05) is 30.3 Å². The van der Waals surface area contributed by atoms with Gasteiger partial charge in [0.1, 0.15) is 5.75 Å². The van der Waals surface area contributed by atoms with Crippen molar-refractivity contribution in [1.29, 1.82) is 0 Å². The number of benzene rings is 2. The van der Waals surface area contributed by atoms with E-state index in [0.29, 0.717) is 5.75 Å². The molecule has 3 aromatic rings. The van der Waals surface area contributed by atoms with Crippen molar-refractivity contribution in [3.63, 3.8) is 0 Å².